The summed E-state index contributed by atoms with van der Waals surface area (Å²) >= 11 is 5.99. The Morgan fingerprint density at radius 1 is 1.08 bits per heavy atom. The quantitative estimate of drug-likeness (QED) is 0.856. The first kappa shape index (κ1) is 17.9. The topological polar surface area (TPSA) is 56.8 Å². The van der Waals surface area contributed by atoms with Crippen LogP contribution in [0.1, 0.15) is 11.1 Å². The lowest BCUT2D eigenvalue weighted by atomic mass is 10.1. The number of benzene rings is 2. The molecule has 0 aliphatic heterocycles. The van der Waals surface area contributed by atoms with Crippen molar-refractivity contribution in [1.29, 1.82) is 0 Å². The molecule has 0 saturated carbocycles. The van der Waals surface area contributed by atoms with Gasteiger partial charge in [0.05, 0.1) is 19.9 Å². The first-order chi connectivity index (χ1) is 11.4. The van der Waals surface area contributed by atoms with E-state index in [0.717, 1.165) is 11.1 Å². The van der Waals surface area contributed by atoms with Crippen LogP contribution >= 0.6 is 11.6 Å². The average Bonchev–Trinajstić information content (AvgIpc) is 2.54. The van der Waals surface area contributed by atoms with Gasteiger partial charge in [-0.1, -0.05) is 11.6 Å². The fourth-order valence-electron chi connectivity index (χ4n) is 2.35. The van der Waals surface area contributed by atoms with Gasteiger partial charge in [0.15, 0.2) is 6.61 Å². The predicted molar refractivity (Wildman–Crippen MR) is 94.6 cm³/mol. The lowest BCUT2D eigenvalue weighted by Crippen LogP contribution is -2.21. The molecule has 0 spiro atoms. The zero-order valence-corrected chi connectivity index (χ0v) is 14.9. The van der Waals surface area contributed by atoms with Gasteiger partial charge >= 0.3 is 0 Å². The minimum atomic E-state index is -0.285. The summed E-state index contributed by atoms with van der Waals surface area (Å²) in [7, 11) is 3.10. The van der Waals surface area contributed by atoms with Gasteiger partial charge in [0.1, 0.15) is 17.2 Å². The minimum Gasteiger partial charge on any atom is -0.497 e. The fourth-order valence-corrected chi connectivity index (χ4v) is 2.68. The molecule has 0 fully saturated rings. The first-order valence-corrected chi connectivity index (χ1v) is 7.73. The van der Waals surface area contributed by atoms with Crippen molar-refractivity contribution >= 4 is 23.2 Å². The number of carbonyl (C=O) groups is 1. The molecule has 2 rings (SSSR count). The molecule has 128 valence electrons. The zero-order chi connectivity index (χ0) is 17.7. The van der Waals surface area contributed by atoms with E-state index in [-0.39, 0.29) is 12.5 Å². The number of hydrogen-bond donors (Lipinski definition) is 1. The lowest BCUT2D eigenvalue weighted by Gasteiger charge is -2.14. The van der Waals surface area contributed by atoms with Crippen LogP contribution in [-0.4, -0.2) is 26.7 Å². The first-order valence-electron chi connectivity index (χ1n) is 7.36. The summed E-state index contributed by atoms with van der Waals surface area (Å²) in [5.74, 6) is 1.54. The summed E-state index contributed by atoms with van der Waals surface area (Å²) in [6, 6.07) is 8.76. The molecule has 6 heteroatoms. The molecular formula is C18H20ClNO4. The summed E-state index contributed by atoms with van der Waals surface area (Å²) in [5, 5.41) is 3.41. The van der Waals surface area contributed by atoms with E-state index in [1.807, 2.05) is 13.8 Å². The van der Waals surface area contributed by atoms with Gasteiger partial charge in [-0.2, -0.15) is 0 Å². The number of amides is 1. The molecular weight excluding hydrogens is 330 g/mol. The molecule has 0 heterocycles. The van der Waals surface area contributed by atoms with Crippen LogP contribution in [0.3, 0.4) is 0 Å². The van der Waals surface area contributed by atoms with Crippen molar-refractivity contribution in [1.82, 2.24) is 0 Å². The van der Waals surface area contributed by atoms with Crippen molar-refractivity contribution in [3.8, 4) is 17.2 Å². The molecule has 1 N–H and O–H groups in total. The standard InChI is InChI=1S/C18H20ClNO4/c1-11-7-13(19)8-12(2)18(11)24-10-17(21)20-15-6-5-14(22-3)9-16(15)23-4/h5-9H,10H2,1-4H3,(H,20,21). The number of halogens is 1. The Kier molecular flexibility index (Phi) is 5.93. The van der Waals surface area contributed by atoms with Gasteiger partial charge in [-0.3, -0.25) is 4.79 Å². The minimum absolute atomic E-state index is 0.113. The second kappa shape index (κ2) is 7.93. The largest absolute Gasteiger partial charge is 0.497 e. The fraction of sp³-hybridized carbons (Fsp3) is 0.278. The summed E-state index contributed by atoms with van der Waals surface area (Å²) in [6.07, 6.45) is 0. The molecule has 0 unspecified atom stereocenters. The third-order valence-electron chi connectivity index (χ3n) is 3.46. The third-order valence-corrected chi connectivity index (χ3v) is 3.67. The Morgan fingerprint density at radius 2 is 1.75 bits per heavy atom. The van der Waals surface area contributed by atoms with Gasteiger partial charge in [0.2, 0.25) is 0 Å². The molecule has 2 aromatic rings. The van der Waals surface area contributed by atoms with E-state index in [0.29, 0.717) is 28.0 Å². The van der Waals surface area contributed by atoms with E-state index in [1.165, 1.54) is 7.11 Å². The molecule has 0 bridgehead atoms. The average molecular weight is 350 g/mol. The van der Waals surface area contributed by atoms with Gasteiger partial charge in [-0.25, -0.2) is 0 Å². The van der Waals surface area contributed by atoms with Crippen LogP contribution in [0, 0.1) is 13.8 Å². The second-order valence-electron chi connectivity index (χ2n) is 5.27. The second-order valence-corrected chi connectivity index (χ2v) is 5.71. The zero-order valence-electron chi connectivity index (χ0n) is 14.1. The Bertz CT molecular complexity index is 723. The number of hydrogen-bond acceptors (Lipinski definition) is 4. The van der Waals surface area contributed by atoms with E-state index in [4.69, 9.17) is 25.8 Å². The molecule has 0 radical (unpaired) electrons. The molecule has 0 aliphatic rings. The van der Waals surface area contributed by atoms with Gasteiger partial charge in [0, 0.05) is 11.1 Å². The van der Waals surface area contributed by atoms with E-state index in [1.54, 1.807) is 37.4 Å². The molecule has 0 aliphatic carbocycles. The highest BCUT2D eigenvalue weighted by atomic mass is 35.5. The smallest absolute Gasteiger partial charge is 0.262 e. The molecule has 0 saturated heterocycles. The number of ether oxygens (including phenoxy) is 3. The van der Waals surface area contributed by atoms with E-state index in [2.05, 4.69) is 5.32 Å². The van der Waals surface area contributed by atoms with Crippen molar-refractivity contribution in [2.45, 2.75) is 13.8 Å². The summed E-state index contributed by atoms with van der Waals surface area (Å²) in [4.78, 5) is 12.1. The van der Waals surface area contributed by atoms with Crippen molar-refractivity contribution in [3.05, 3.63) is 46.5 Å². The maximum absolute atomic E-state index is 12.1. The number of methoxy groups -OCH3 is 2. The van der Waals surface area contributed by atoms with Crippen LogP contribution in [-0.2, 0) is 4.79 Å². The predicted octanol–water partition coefficient (Wildman–Crippen LogP) is 3.99. The Labute approximate surface area is 146 Å². The van der Waals surface area contributed by atoms with E-state index < -0.39 is 0 Å². The van der Waals surface area contributed by atoms with Gasteiger partial charge in [-0.05, 0) is 49.2 Å². The van der Waals surface area contributed by atoms with Crippen molar-refractivity contribution < 1.29 is 19.0 Å². The Hall–Kier alpha value is -2.40. The molecule has 1 amide bonds. The van der Waals surface area contributed by atoms with Crippen LogP contribution in [0.2, 0.25) is 5.02 Å². The van der Waals surface area contributed by atoms with Crippen LogP contribution in [0.15, 0.2) is 30.3 Å². The summed E-state index contributed by atoms with van der Waals surface area (Å²) < 4.78 is 16.0. The maximum Gasteiger partial charge on any atom is 0.262 e. The van der Waals surface area contributed by atoms with Crippen molar-refractivity contribution in [2.75, 3.05) is 26.1 Å². The van der Waals surface area contributed by atoms with Crippen LogP contribution in [0.4, 0.5) is 5.69 Å². The normalized spacial score (nSPS) is 10.2. The number of nitrogens with one attached hydrogen (secondary N) is 1. The molecule has 2 aromatic carbocycles. The third kappa shape index (κ3) is 4.32. The van der Waals surface area contributed by atoms with Crippen LogP contribution in [0.25, 0.3) is 0 Å². The lowest BCUT2D eigenvalue weighted by molar-refractivity contribution is -0.118. The molecule has 24 heavy (non-hydrogen) atoms. The van der Waals surface area contributed by atoms with Crippen LogP contribution < -0.4 is 19.5 Å². The monoisotopic (exact) mass is 349 g/mol. The highest BCUT2D eigenvalue weighted by Gasteiger charge is 2.12. The van der Waals surface area contributed by atoms with Gasteiger partial charge < -0.3 is 19.5 Å². The SMILES string of the molecule is COc1ccc(NC(=O)COc2c(C)cc(Cl)cc2C)c(OC)c1. The Morgan fingerprint density at radius 3 is 2.33 bits per heavy atom. The summed E-state index contributed by atoms with van der Waals surface area (Å²) in [5.41, 5.74) is 2.32. The molecule has 0 atom stereocenters. The van der Waals surface area contributed by atoms with E-state index in [9.17, 15) is 4.79 Å². The maximum atomic E-state index is 12.1. The number of rotatable bonds is 6. The Balaban J connectivity index is 2.04. The number of aryl methyl sites for hydroxylation is 2. The van der Waals surface area contributed by atoms with Crippen LogP contribution in [0.5, 0.6) is 17.2 Å². The number of carbonyl (C=O) groups excluding carboxylic acids is 1. The summed E-state index contributed by atoms with van der Waals surface area (Å²) in [6.45, 7) is 3.66. The molecule has 0 aromatic heterocycles. The number of anilines is 1. The van der Waals surface area contributed by atoms with Crippen molar-refractivity contribution in [2.24, 2.45) is 0 Å². The highest BCUT2D eigenvalue weighted by molar-refractivity contribution is 6.30. The van der Waals surface area contributed by atoms with E-state index >= 15 is 0 Å². The van der Waals surface area contributed by atoms with Crippen molar-refractivity contribution in [3.63, 3.8) is 0 Å². The highest BCUT2D eigenvalue weighted by Crippen LogP contribution is 2.29. The van der Waals surface area contributed by atoms with Gasteiger partial charge in [0.25, 0.3) is 5.91 Å². The van der Waals surface area contributed by atoms with Gasteiger partial charge in [-0.15, -0.1) is 0 Å². The molecule has 5 nitrogen and oxygen atoms in total.